The highest BCUT2D eigenvalue weighted by atomic mass is 16.5. The van der Waals surface area contributed by atoms with Gasteiger partial charge in [-0.05, 0) is 13.8 Å². The van der Waals surface area contributed by atoms with Crippen molar-refractivity contribution in [3.8, 4) is 0 Å². The second-order valence-electron chi connectivity index (χ2n) is 3.20. The van der Waals surface area contributed by atoms with Crippen LogP contribution in [0.4, 0.5) is 0 Å². The number of rotatable bonds is 3. The molecule has 0 aromatic heterocycles. The molecule has 13 heavy (non-hydrogen) atoms. The van der Waals surface area contributed by atoms with E-state index in [-0.39, 0.29) is 5.97 Å². The van der Waals surface area contributed by atoms with E-state index in [1.54, 1.807) is 0 Å². The van der Waals surface area contributed by atoms with E-state index < -0.39 is 0 Å². The Morgan fingerprint density at radius 1 is 1.69 bits per heavy atom. The quantitative estimate of drug-likeness (QED) is 0.594. The smallest absolute Gasteiger partial charge is 0.320 e. The molecule has 0 N–H and O–H groups in total. The molecule has 76 valence electrons. The zero-order valence-electron chi connectivity index (χ0n) is 8.28. The van der Waals surface area contributed by atoms with Crippen molar-refractivity contribution >= 4 is 5.97 Å². The molecule has 0 amide bonds. The Bertz CT molecular complexity index is 172. The molecule has 0 aromatic carbocycles. The zero-order valence-corrected chi connectivity index (χ0v) is 8.28. The van der Waals surface area contributed by atoms with Crippen molar-refractivity contribution in [3.05, 3.63) is 0 Å². The highest BCUT2D eigenvalue weighted by Crippen LogP contribution is 2.05. The Labute approximate surface area is 78.8 Å². The summed E-state index contributed by atoms with van der Waals surface area (Å²) in [6.45, 7) is 6.96. The van der Waals surface area contributed by atoms with Gasteiger partial charge in [-0.2, -0.15) is 0 Å². The maximum atomic E-state index is 11.2. The van der Waals surface area contributed by atoms with Gasteiger partial charge in [0, 0.05) is 12.6 Å². The molecule has 0 radical (unpaired) electrons. The van der Waals surface area contributed by atoms with Gasteiger partial charge in [-0.3, -0.25) is 9.69 Å². The zero-order chi connectivity index (χ0) is 9.68. The highest BCUT2D eigenvalue weighted by molar-refractivity contribution is 5.71. The minimum absolute atomic E-state index is 0.142. The third kappa shape index (κ3) is 3.32. The number of esters is 1. The SMILES string of the molecule is CCOC(=O)CN1CCOCC1C. The molecule has 1 unspecified atom stereocenters. The third-order valence-corrected chi connectivity index (χ3v) is 2.14. The predicted molar refractivity (Wildman–Crippen MR) is 48.5 cm³/mol. The molecule has 1 heterocycles. The van der Waals surface area contributed by atoms with E-state index in [1.807, 2.05) is 6.92 Å². The van der Waals surface area contributed by atoms with Gasteiger partial charge in [-0.1, -0.05) is 0 Å². The lowest BCUT2D eigenvalue weighted by Gasteiger charge is -2.32. The van der Waals surface area contributed by atoms with Crippen molar-refractivity contribution < 1.29 is 14.3 Å². The van der Waals surface area contributed by atoms with Crippen LogP contribution in [0.3, 0.4) is 0 Å². The maximum absolute atomic E-state index is 11.2. The van der Waals surface area contributed by atoms with E-state index in [4.69, 9.17) is 9.47 Å². The molecule has 4 nitrogen and oxygen atoms in total. The van der Waals surface area contributed by atoms with Crippen LogP contribution in [0.1, 0.15) is 13.8 Å². The van der Waals surface area contributed by atoms with E-state index in [1.165, 1.54) is 0 Å². The summed E-state index contributed by atoms with van der Waals surface area (Å²) in [5, 5.41) is 0. The first-order valence-corrected chi connectivity index (χ1v) is 4.71. The predicted octanol–water partition coefficient (Wildman–Crippen LogP) is 0.270. The van der Waals surface area contributed by atoms with Crippen LogP contribution in [0.25, 0.3) is 0 Å². The fourth-order valence-corrected chi connectivity index (χ4v) is 1.37. The van der Waals surface area contributed by atoms with Crippen LogP contribution in [0, 0.1) is 0 Å². The van der Waals surface area contributed by atoms with E-state index in [9.17, 15) is 4.79 Å². The molecular weight excluding hydrogens is 170 g/mol. The van der Waals surface area contributed by atoms with E-state index >= 15 is 0 Å². The Hall–Kier alpha value is -0.610. The lowest BCUT2D eigenvalue weighted by Crippen LogP contribution is -2.46. The van der Waals surface area contributed by atoms with Gasteiger partial charge in [0.15, 0.2) is 0 Å². The number of morpholine rings is 1. The Kier molecular flexibility index (Phi) is 4.18. The van der Waals surface area contributed by atoms with Gasteiger partial charge < -0.3 is 9.47 Å². The average molecular weight is 187 g/mol. The summed E-state index contributed by atoms with van der Waals surface area (Å²) < 4.78 is 10.1. The average Bonchev–Trinajstić information content (AvgIpc) is 2.09. The first-order valence-electron chi connectivity index (χ1n) is 4.71. The van der Waals surface area contributed by atoms with Gasteiger partial charge in [-0.25, -0.2) is 0 Å². The molecule has 0 saturated carbocycles. The Morgan fingerprint density at radius 2 is 2.46 bits per heavy atom. The van der Waals surface area contributed by atoms with Crippen molar-refractivity contribution in [2.24, 2.45) is 0 Å². The molecule has 0 spiro atoms. The lowest BCUT2D eigenvalue weighted by molar-refractivity contribution is -0.146. The van der Waals surface area contributed by atoms with Crippen molar-refractivity contribution in [1.82, 2.24) is 4.90 Å². The summed E-state index contributed by atoms with van der Waals surface area (Å²) in [4.78, 5) is 13.2. The summed E-state index contributed by atoms with van der Waals surface area (Å²) in [7, 11) is 0. The number of carbonyl (C=O) groups excluding carboxylic acids is 1. The lowest BCUT2D eigenvalue weighted by atomic mass is 10.2. The molecule has 1 saturated heterocycles. The summed E-state index contributed by atoms with van der Waals surface area (Å²) in [5.74, 6) is -0.142. The van der Waals surface area contributed by atoms with E-state index in [0.29, 0.717) is 32.4 Å². The first kappa shape index (κ1) is 10.5. The standard InChI is InChI=1S/C9H17NO3/c1-3-13-9(11)6-10-4-5-12-7-8(10)2/h8H,3-7H2,1-2H3. The molecule has 0 bridgehead atoms. The fraction of sp³-hybridized carbons (Fsp3) is 0.889. The molecule has 0 aromatic rings. The molecular formula is C9H17NO3. The second kappa shape index (κ2) is 5.19. The number of ether oxygens (including phenoxy) is 2. The number of carbonyl (C=O) groups is 1. The molecule has 0 aliphatic carbocycles. The van der Waals surface area contributed by atoms with Crippen molar-refractivity contribution in [3.63, 3.8) is 0 Å². The van der Waals surface area contributed by atoms with E-state index in [2.05, 4.69) is 11.8 Å². The Balaban J connectivity index is 2.29. The van der Waals surface area contributed by atoms with Gasteiger partial charge >= 0.3 is 5.97 Å². The number of hydrogen-bond acceptors (Lipinski definition) is 4. The van der Waals surface area contributed by atoms with Crippen LogP contribution in [-0.4, -0.2) is 49.8 Å². The van der Waals surface area contributed by atoms with Crippen LogP contribution < -0.4 is 0 Å². The van der Waals surface area contributed by atoms with Crippen molar-refractivity contribution in [2.45, 2.75) is 19.9 Å². The minimum atomic E-state index is -0.142. The fourth-order valence-electron chi connectivity index (χ4n) is 1.37. The topological polar surface area (TPSA) is 38.8 Å². The van der Waals surface area contributed by atoms with Gasteiger partial charge in [0.1, 0.15) is 0 Å². The van der Waals surface area contributed by atoms with Crippen LogP contribution in [0.2, 0.25) is 0 Å². The molecule has 1 fully saturated rings. The number of nitrogens with zero attached hydrogens (tertiary/aromatic N) is 1. The summed E-state index contributed by atoms with van der Waals surface area (Å²) in [6, 6.07) is 0.318. The molecule has 1 rings (SSSR count). The van der Waals surface area contributed by atoms with Gasteiger partial charge in [-0.15, -0.1) is 0 Å². The summed E-state index contributed by atoms with van der Waals surface area (Å²) in [5.41, 5.74) is 0. The Morgan fingerprint density at radius 3 is 3.08 bits per heavy atom. The highest BCUT2D eigenvalue weighted by Gasteiger charge is 2.21. The third-order valence-electron chi connectivity index (χ3n) is 2.14. The second-order valence-corrected chi connectivity index (χ2v) is 3.20. The molecule has 1 aliphatic rings. The summed E-state index contributed by atoms with van der Waals surface area (Å²) >= 11 is 0. The molecule has 4 heteroatoms. The van der Waals surface area contributed by atoms with Crippen LogP contribution in [0.15, 0.2) is 0 Å². The van der Waals surface area contributed by atoms with Crippen molar-refractivity contribution in [1.29, 1.82) is 0 Å². The van der Waals surface area contributed by atoms with Crippen LogP contribution in [-0.2, 0) is 14.3 Å². The van der Waals surface area contributed by atoms with E-state index in [0.717, 1.165) is 6.54 Å². The monoisotopic (exact) mass is 187 g/mol. The number of hydrogen-bond donors (Lipinski definition) is 0. The first-order chi connectivity index (χ1) is 6.24. The summed E-state index contributed by atoms with van der Waals surface area (Å²) in [6.07, 6.45) is 0. The maximum Gasteiger partial charge on any atom is 0.320 e. The van der Waals surface area contributed by atoms with Crippen LogP contribution >= 0.6 is 0 Å². The molecule has 1 atom stereocenters. The molecule has 1 aliphatic heterocycles. The minimum Gasteiger partial charge on any atom is -0.465 e. The van der Waals surface area contributed by atoms with Crippen LogP contribution in [0.5, 0.6) is 0 Å². The van der Waals surface area contributed by atoms with Gasteiger partial charge in [0.2, 0.25) is 0 Å². The largest absolute Gasteiger partial charge is 0.465 e. The van der Waals surface area contributed by atoms with Gasteiger partial charge in [0.25, 0.3) is 0 Å². The normalized spacial score (nSPS) is 24.3. The van der Waals surface area contributed by atoms with Crippen molar-refractivity contribution in [2.75, 3.05) is 32.9 Å². The van der Waals surface area contributed by atoms with Gasteiger partial charge in [0.05, 0.1) is 26.4 Å².